The first-order chi connectivity index (χ1) is 6.06. The van der Waals surface area contributed by atoms with Gasteiger partial charge in [0.05, 0.1) is 5.41 Å². The Morgan fingerprint density at radius 3 is 1.69 bits per heavy atom. The van der Waals surface area contributed by atoms with Gasteiger partial charge in [-0.1, -0.05) is 24.3 Å². The van der Waals surface area contributed by atoms with Gasteiger partial charge in [-0.05, 0) is 12.8 Å². The van der Waals surface area contributed by atoms with E-state index in [1.54, 1.807) is 0 Å². The lowest BCUT2D eigenvalue weighted by atomic mass is 9.82. The van der Waals surface area contributed by atoms with E-state index in [2.05, 4.69) is 13.2 Å². The molecule has 0 aliphatic heterocycles. The van der Waals surface area contributed by atoms with E-state index in [9.17, 15) is 9.59 Å². The van der Waals surface area contributed by atoms with E-state index in [1.807, 2.05) is 0 Å². The maximum atomic E-state index is 11.6. The first kappa shape index (κ1) is 8.42. The molecular weight excluding hydrogens is 164 g/mol. The topological polar surface area (TPSA) is 34.1 Å². The number of allylic oxidation sites excluding steroid dienone is 2. The molecule has 0 heterocycles. The van der Waals surface area contributed by atoms with E-state index in [4.69, 9.17) is 0 Å². The van der Waals surface area contributed by atoms with Gasteiger partial charge in [-0.2, -0.15) is 0 Å². The maximum Gasteiger partial charge on any atom is 0.147 e. The third-order valence-corrected chi connectivity index (χ3v) is 3.18. The van der Waals surface area contributed by atoms with E-state index in [1.165, 1.54) is 0 Å². The van der Waals surface area contributed by atoms with Crippen molar-refractivity contribution in [2.75, 3.05) is 0 Å². The Hall–Kier alpha value is -1.18. The molecule has 0 radical (unpaired) electrons. The average molecular weight is 176 g/mol. The molecule has 0 amide bonds. The van der Waals surface area contributed by atoms with E-state index < -0.39 is 5.41 Å². The summed E-state index contributed by atoms with van der Waals surface area (Å²) in [6.45, 7) is 7.64. The Bertz CT molecular complexity index is 302. The molecule has 0 saturated heterocycles. The molecule has 13 heavy (non-hydrogen) atoms. The molecule has 2 fully saturated rings. The minimum atomic E-state index is -0.728. The molecule has 1 spiro atoms. The second-order valence-electron chi connectivity index (χ2n) is 3.99. The molecule has 0 aromatic carbocycles. The van der Waals surface area contributed by atoms with Crippen LogP contribution in [0.4, 0.5) is 0 Å². The van der Waals surface area contributed by atoms with Crippen LogP contribution in [0.5, 0.6) is 0 Å². The molecule has 0 N–H and O–H groups in total. The summed E-state index contributed by atoms with van der Waals surface area (Å²) in [4.78, 5) is 23.2. The van der Waals surface area contributed by atoms with Crippen LogP contribution in [0, 0.1) is 5.41 Å². The molecule has 2 aliphatic rings. The zero-order chi connectivity index (χ0) is 9.64. The van der Waals surface area contributed by atoms with Crippen LogP contribution in [0.3, 0.4) is 0 Å². The van der Waals surface area contributed by atoms with Gasteiger partial charge in [-0.15, -0.1) is 0 Å². The van der Waals surface area contributed by atoms with Crippen LogP contribution >= 0.6 is 0 Å². The van der Waals surface area contributed by atoms with Crippen molar-refractivity contribution in [1.29, 1.82) is 0 Å². The lowest BCUT2D eigenvalue weighted by Crippen LogP contribution is -2.29. The van der Waals surface area contributed by atoms with Gasteiger partial charge < -0.3 is 0 Å². The number of hydrogen-bond acceptors (Lipinski definition) is 2. The SMILES string of the molecule is C=C1CC2(CC1=C)C(=O)CCC2=O. The van der Waals surface area contributed by atoms with Crippen LogP contribution in [-0.2, 0) is 9.59 Å². The predicted octanol–water partition coefficient (Wildman–Crippen LogP) is 1.81. The molecule has 2 saturated carbocycles. The quantitative estimate of drug-likeness (QED) is 0.527. The summed E-state index contributed by atoms with van der Waals surface area (Å²) in [5.41, 5.74) is 1.03. The first-order valence-electron chi connectivity index (χ1n) is 4.49. The van der Waals surface area contributed by atoms with Crippen molar-refractivity contribution in [3.05, 3.63) is 24.3 Å². The van der Waals surface area contributed by atoms with Gasteiger partial charge in [0.25, 0.3) is 0 Å². The van der Waals surface area contributed by atoms with Crippen LogP contribution in [0.1, 0.15) is 25.7 Å². The molecule has 2 rings (SSSR count). The highest BCUT2D eigenvalue weighted by Gasteiger charge is 2.52. The standard InChI is InChI=1S/C11H12O2/c1-7-5-11(6-8(7)2)9(12)3-4-10(11)13/h1-6H2. The smallest absolute Gasteiger partial charge is 0.147 e. The Morgan fingerprint density at radius 2 is 1.31 bits per heavy atom. The van der Waals surface area contributed by atoms with Gasteiger partial charge in [-0.25, -0.2) is 0 Å². The minimum Gasteiger partial charge on any atom is -0.299 e. The Morgan fingerprint density at radius 1 is 0.923 bits per heavy atom. The normalized spacial score (nSPS) is 26.5. The summed E-state index contributed by atoms with van der Waals surface area (Å²) in [5, 5.41) is 0. The van der Waals surface area contributed by atoms with Gasteiger partial charge in [0.2, 0.25) is 0 Å². The average Bonchev–Trinajstić information content (AvgIpc) is 2.50. The summed E-state index contributed by atoms with van der Waals surface area (Å²) in [7, 11) is 0. The van der Waals surface area contributed by atoms with E-state index in [-0.39, 0.29) is 11.6 Å². The van der Waals surface area contributed by atoms with E-state index >= 15 is 0 Å². The molecule has 2 aliphatic carbocycles. The predicted molar refractivity (Wildman–Crippen MR) is 49.2 cm³/mol. The third-order valence-electron chi connectivity index (χ3n) is 3.18. The molecule has 0 bridgehead atoms. The first-order valence-corrected chi connectivity index (χ1v) is 4.49. The van der Waals surface area contributed by atoms with Gasteiger partial charge >= 0.3 is 0 Å². The van der Waals surface area contributed by atoms with Gasteiger partial charge in [0, 0.05) is 12.8 Å². The number of Topliss-reactive ketones (excluding diaryl/α,β-unsaturated/α-hetero) is 2. The molecule has 0 unspecified atom stereocenters. The van der Waals surface area contributed by atoms with E-state index in [0.717, 1.165) is 11.1 Å². The van der Waals surface area contributed by atoms with Crippen molar-refractivity contribution in [2.24, 2.45) is 5.41 Å². The summed E-state index contributed by atoms with van der Waals surface area (Å²) < 4.78 is 0. The third kappa shape index (κ3) is 0.947. The summed E-state index contributed by atoms with van der Waals surface area (Å²) in [6, 6.07) is 0. The van der Waals surface area contributed by atoms with Crippen molar-refractivity contribution in [3.8, 4) is 0 Å². The van der Waals surface area contributed by atoms with Crippen LogP contribution in [0.25, 0.3) is 0 Å². The Balaban J connectivity index is 2.42. The van der Waals surface area contributed by atoms with Crippen molar-refractivity contribution in [3.63, 3.8) is 0 Å². The van der Waals surface area contributed by atoms with Crippen LogP contribution < -0.4 is 0 Å². The molecule has 68 valence electrons. The van der Waals surface area contributed by atoms with Crippen LogP contribution in [0.2, 0.25) is 0 Å². The fraction of sp³-hybridized carbons (Fsp3) is 0.455. The zero-order valence-corrected chi connectivity index (χ0v) is 7.56. The van der Waals surface area contributed by atoms with Crippen molar-refractivity contribution in [1.82, 2.24) is 0 Å². The van der Waals surface area contributed by atoms with Crippen molar-refractivity contribution >= 4 is 11.6 Å². The molecule has 2 heteroatoms. The number of ketones is 2. The zero-order valence-electron chi connectivity index (χ0n) is 7.56. The monoisotopic (exact) mass is 176 g/mol. The summed E-state index contributed by atoms with van der Waals surface area (Å²) in [5.74, 6) is 0.189. The lowest BCUT2D eigenvalue weighted by Gasteiger charge is -2.16. The molecule has 0 aromatic rings. The number of rotatable bonds is 0. The molecule has 2 nitrogen and oxygen atoms in total. The fourth-order valence-electron chi connectivity index (χ4n) is 2.30. The fourth-order valence-corrected chi connectivity index (χ4v) is 2.30. The summed E-state index contributed by atoms with van der Waals surface area (Å²) in [6.07, 6.45) is 1.87. The number of hydrogen-bond donors (Lipinski definition) is 0. The van der Waals surface area contributed by atoms with Crippen molar-refractivity contribution < 1.29 is 9.59 Å². The maximum absolute atomic E-state index is 11.6. The molecule has 0 aromatic heterocycles. The van der Waals surface area contributed by atoms with Crippen LogP contribution in [-0.4, -0.2) is 11.6 Å². The molecular formula is C11H12O2. The Kier molecular flexibility index (Phi) is 1.56. The lowest BCUT2D eigenvalue weighted by molar-refractivity contribution is -0.134. The highest BCUT2D eigenvalue weighted by molar-refractivity contribution is 6.14. The second kappa shape index (κ2) is 2.41. The summed E-state index contributed by atoms with van der Waals surface area (Å²) >= 11 is 0. The highest BCUT2D eigenvalue weighted by atomic mass is 16.2. The number of carbonyl (C=O) groups is 2. The largest absolute Gasteiger partial charge is 0.299 e. The van der Waals surface area contributed by atoms with Crippen LogP contribution in [0.15, 0.2) is 24.3 Å². The van der Waals surface area contributed by atoms with Gasteiger partial charge in [0.15, 0.2) is 0 Å². The second-order valence-corrected chi connectivity index (χ2v) is 3.99. The Labute approximate surface area is 77.3 Å². The van der Waals surface area contributed by atoms with Gasteiger partial charge in [0.1, 0.15) is 11.6 Å². The van der Waals surface area contributed by atoms with Crippen molar-refractivity contribution in [2.45, 2.75) is 25.7 Å². The molecule has 0 atom stereocenters. The number of carbonyl (C=O) groups excluding carboxylic acids is 2. The van der Waals surface area contributed by atoms with E-state index in [0.29, 0.717) is 25.7 Å². The highest BCUT2D eigenvalue weighted by Crippen LogP contribution is 2.49. The van der Waals surface area contributed by atoms with Gasteiger partial charge in [-0.3, -0.25) is 9.59 Å². The minimum absolute atomic E-state index is 0.0947.